The van der Waals surface area contributed by atoms with E-state index < -0.39 is 0 Å². The van der Waals surface area contributed by atoms with E-state index in [4.69, 9.17) is 4.46 Å². The van der Waals surface area contributed by atoms with Gasteiger partial charge in [-0.05, 0) is 0 Å². The molecule has 0 atom stereocenters. The molecule has 0 aromatic heterocycles. The van der Waals surface area contributed by atoms with Gasteiger partial charge in [-0.3, -0.25) is 0 Å². The molecule has 40 valence electrons. The molecule has 0 saturated carbocycles. The normalized spacial score (nSPS) is 0.571. The standard InChI is InChI=1S/H2OSi.3O.Si.W/c1-2;;;;;/h2H2;;;;;/q;3*-2;;+6. The predicted molar refractivity (Wildman–Crippen MR) is 17.0 cm³/mol. The summed E-state index contributed by atoms with van der Waals surface area (Å²) < 4.78 is 8.28. The van der Waals surface area contributed by atoms with Crippen LogP contribution in [-0.4, -0.2) is 21.1 Å². The van der Waals surface area contributed by atoms with Crippen LogP contribution in [0, 0.1) is 0 Å². The molecule has 7 heteroatoms. The Morgan fingerprint density at radius 1 is 0.857 bits per heavy atom. The first-order valence-electron chi connectivity index (χ1n) is 0.289. The zero-order valence-corrected chi connectivity index (χ0v) is 8.60. The van der Waals surface area contributed by atoms with Crippen molar-refractivity contribution in [1.29, 1.82) is 0 Å². The molecule has 0 unspecified atom stereocenters. The average molecular weight is 306 g/mol. The number of hydrogen-bond donors (Lipinski definition) is 0. The van der Waals surface area contributed by atoms with E-state index in [2.05, 4.69) is 0 Å². The second-order valence-electron chi connectivity index (χ2n) is 0. The largest absolute Gasteiger partial charge is 6.00 e. The summed E-state index contributed by atoms with van der Waals surface area (Å²) in [5.74, 6) is 0. The predicted octanol–water partition coefficient (Wildman–Crippen LogP) is -1.77. The minimum Gasteiger partial charge on any atom is -2.00 e. The molecule has 7 heavy (non-hydrogen) atoms. The van der Waals surface area contributed by atoms with E-state index in [1.807, 2.05) is 0 Å². The van der Waals surface area contributed by atoms with Gasteiger partial charge in [0.15, 0.2) is 0 Å². The van der Waals surface area contributed by atoms with Gasteiger partial charge < -0.3 is 20.9 Å². The molecule has 0 amide bonds. The zero-order valence-electron chi connectivity index (χ0n) is 3.25. The maximum atomic E-state index is 8.28. The third-order valence-corrected chi connectivity index (χ3v) is 0. The molecule has 4 nitrogen and oxygen atoms in total. The first kappa shape index (κ1) is 111. The van der Waals surface area contributed by atoms with Gasteiger partial charge in [0.25, 0.3) is 0 Å². The van der Waals surface area contributed by atoms with Crippen molar-refractivity contribution < 1.29 is 42.0 Å². The molecule has 0 bridgehead atoms. The molecule has 0 aromatic rings. The Morgan fingerprint density at radius 2 is 0.857 bits per heavy atom. The van der Waals surface area contributed by atoms with Crippen LogP contribution in [0.3, 0.4) is 0 Å². The fourth-order valence-corrected chi connectivity index (χ4v) is 0. The molecule has 0 saturated heterocycles. The van der Waals surface area contributed by atoms with Crippen molar-refractivity contribution in [2.45, 2.75) is 0 Å². The van der Waals surface area contributed by atoms with Gasteiger partial charge in [0.05, 0.1) is 0 Å². The van der Waals surface area contributed by atoms with Crippen LogP contribution >= 0.6 is 0 Å². The van der Waals surface area contributed by atoms with Gasteiger partial charge in [-0.25, -0.2) is 0 Å². The quantitative estimate of drug-likeness (QED) is 0.485. The molecule has 0 fully saturated rings. The molecule has 0 spiro atoms. The van der Waals surface area contributed by atoms with Gasteiger partial charge in [0, 0.05) is 11.0 Å². The van der Waals surface area contributed by atoms with E-state index in [1.54, 1.807) is 0 Å². The summed E-state index contributed by atoms with van der Waals surface area (Å²) in [6.07, 6.45) is 0. The molecular formula is H2O4Si2W. The summed E-state index contributed by atoms with van der Waals surface area (Å²) in [5, 5.41) is 0. The maximum Gasteiger partial charge on any atom is 6.00 e. The molecule has 0 aliphatic rings. The fourth-order valence-electron chi connectivity index (χ4n) is 0. The van der Waals surface area contributed by atoms with Crippen LogP contribution in [0.5, 0.6) is 0 Å². The van der Waals surface area contributed by atoms with Crippen molar-refractivity contribution in [2.24, 2.45) is 0 Å². The van der Waals surface area contributed by atoms with Crippen LogP contribution < -0.4 is 0 Å². The molecule has 0 aliphatic heterocycles. The molecule has 0 heterocycles. The van der Waals surface area contributed by atoms with Crippen LogP contribution in [0.15, 0.2) is 0 Å². The van der Waals surface area contributed by atoms with Gasteiger partial charge in [0.1, 0.15) is 0 Å². The van der Waals surface area contributed by atoms with Crippen molar-refractivity contribution in [3.8, 4) is 0 Å². The van der Waals surface area contributed by atoms with E-state index in [9.17, 15) is 0 Å². The molecule has 0 aromatic carbocycles. The van der Waals surface area contributed by atoms with Crippen molar-refractivity contribution in [3.63, 3.8) is 0 Å². The van der Waals surface area contributed by atoms with Crippen LogP contribution in [0.1, 0.15) is 0 Å². The number of hydrogen-bond acceptors (Lipinski definition) is 1. The summed E-state index contributed by atoms with van der Waals surface area (Å²) in [6.45, 7) is 0. The summed E-state index contributed by atoms with van der Waals surface area (Å²) in [4.78, 5) is 0. The van der Waals surface area contributed by atoms with E-state index in [0.717, 1.165) is 0 Å². The maximum absolute atomic E-state index is 8.28. The Labute approximate surface area is 63.4 Å². The SMILES string of the molecule is O=[SiH2].[O-2].[O-2].[O-2].[Si].[W+6]. The summed E-state index contributed by atoms with van der Waals surface area (Å²) in [7, 11) is 0.611. The van der Waals surface area contributed by atoms with Crippen LogP contribution in [0.4, 0.5) is 0 Å². The van der Waals surface area contributed by atoms with Crippen molar-refractivity contribution in [3.05, 3.63) is 0 Å². The summed E-state index contributed by atoms with van der Waals surface area (Å²) in [6, 6.07) is 0. The van der Waals surface area contributed by atoms with Gasteiger partial charge >= 0.3 is 21.1 Å². The van der Waals surface area contributed by atoms with Crippen LogP contribution in [-0.2, 0) is 42.0 Å². The molecule has 0 N–H and O–H groups in total. The van der Waals surface area contributed by atoms with E-state index in [1.165, 1.54) is 0 Å². The Bertz CT molecular complexity index is 9.65. The van der Waals surface area contributed by atoms with E-state index in [-0.39, 0.29) is 48.5 Å². The summed E-state index contributed by atoms with van der Waals surface area (Å²) >= 11 is 0. The second kappa shape index (κ2) is 356. The molecule has 4 radical (unpaired) electrons. The van der Waals surface area contributed by atoms with E-state index >= 15 is 0 Å². The molecule has 0 aliphatic carbocycles. The topological polar surface area (TPSA) is 103 Å². The fraction of sp³-hybridized carbons (Fsp3) is 0. The van der Waals surface area contributed by atoms with Crippen LogP contribution in [0.25, 0.3) is 0 Å². The van der Waals surface area contributed by atoms with Gasteiger partial charge in [0.2, 0.25) is 10.1 Å². The van der Waals surface area contributed by atoms with Crippen molar-refractivity contribution >= 4 is 21.1 Å². The Balaban J connectivity index is -0.000000000500. The Hall–Kier alpha value is 0.802. The van der Waals surface area contributed by atoms with Crippen molar-refractivity contribution in [2.75, 3.05) is 0 Å². The molecular weight excluding hydrogens is 304 g/mol. The Kier molecular flexibility index (Phi) is 5650. The van der Waals surface area contributed by atoms with Gasteiger partial charge in [-0.15, -0.1) is 0 Å². The first-order chi connectivity index (χ1) is 1.00. The third-order valence-electron chi connectivity index (χ3n) is 0. The third kappa shape index (κ3) is 244. The minimum absolute atomic E-state index is 0. The smallest absolute Gasteiger partial charge is 2.00 e. The van der Waals surface area contributed by atoms with Crippen LogP contribution in [0.2, 0.25) is 0 Å². The first-order valence-corrected chi connectivity index (χ1v) is 0.866. The van der Waals surface area contributed by atoms with Crippen molar-refractivity contribution in [1.82, 2.24) is 0 Å². The zero-order chi connectivity index (χ0) is 2.00. The number of rotatable bonds is 0. The van der Waals surface area contributed by atoms with E-state index in [0.29, 0.717) is 10.1 Å². The minimum atomic E-state index is 0. The summed E-state index contributed by atoms with van der Waals surface area (Å²) in [5.41, 5.74) is 0. The second-order valence-corrected chi connectivity index (χ2v) is 0. The monoisotopic (exact) mass is 306 g/mol. The molecule has 0 rings (SSSR count). The Morgan fingerprint density at radius 3 is 0.857 bits per heavy atom. The van der Waals surface area contributed by atoms with Gasteiger partial charge in [-0.1, -0.05) is 0 Å². The average Bonchev–Trinajstić information content (AvgIpc) is 1.00. The van der Waals surface area contributed by atoms with Gasteiger partial charge in [-0.2, -0.15) is 0 Å².